The van der Waals surface area contributed by atoms with Gasteiger partial charge in [-0.25, -0.2) is 0 Å². The largest absolute Gasteiger partial charge is 0.164 e. The van der Waals surface area contributed by atoms with Crippen molar-refractivity contribution in [3.05, 3.63) is 0 Å². The van der Waals surface area contributed by atoms with Crippen LogP contribution in [0.15, 0.2) is 0 Å². The van der Waals surface area contributed by atoms with E-state index in [0.29, 0.717) is 0 Å². The van der Waals surface area contributed by atoms with Gasteiger partial charge in [-0.05, 0) is 18.8 Å². The van der Waals surface area contributed by atoms with Gasteiger partial charge in [-0.15, -0.1) is 0 Å². The predicted molar refractivity (Wildman–Crippen MR) is 54.1 cm³/mol. The molecule has 0 fully saturated rings. The van der Waals surface area contributed by atoms with E-state index in [4.69, 9.17) is 0 Å². The van der Waals surface area contributed by atoms with Crippen LogP contribution in [0, 0.1) is 0 Å². The van der Waals surface area contributed by atoms with Crippen LogP contribution in [-0.4, -0.2) is 35.5 Å². The molecule has 0 saturated carbocycles. The molecule has 56 valence electrons. The van der Waals surface area contributed by atoms with Crippen molar-refractivity contribution in [1.82, 2.24) is 0 Å². The van der Waals surface area contributed by atoms with Crippen LogP contribution in [0.4, 0.5) is 0 Å². The SMILES string of the molecule is CSCC(CSC)SC. The van der Waals surface area contributed by atoms with Crippen LogP contribution in [-0.2, 0) is 0 Å². The second-order valence-electron chi connectivity index (χ2n) is 1.77. The molecule has 0 aliphatic carbocycles. The maximum absolute atomic E-state index is 2.19. The molecule has 0 aliphatic rings. The molecule has 0 bridgehead atoms. The highest BCUT2D eigenvalue weighted by atomic mass is 32.2. The normalized spacial score (nSPS) is 10.7. The van der Waals surface area contributed by atoms with Crippen molar-refractivity contribution >= 4 is 35.3 Å². The Morgan fingerprint density at radius 2 is 1.44 bits per heavy atom. The first-order valence-corrected chi connectivity index (χ1v) is 6.93. The lowest BCUT2D eigenvalue weighted by Crippen LogP contribution is -2.07. The van der Waals surface area contributed by atoms with Gasteiger partial charge in [0, 0.05) is 16.8 Å². The molecule has 0 saturated heterocycles. The summed E-state index contributed by atoms with van der Waals surface area (Å²) in [4.78, 5) is 0. The van der Waals surface area contributed by atoms with Crippen LogP contribution in [0.5, 0.6) is 0 Å². The van der Waals surface area contributed by atoms with Crippen LogP contribution >= 0.6 is 35.3 Å². The van der Waals surface area contributed by atoms with E-state index in [0.717, 1.165) is 5.25 Å². The average Bonchev–Trinajstić information content (AvgIpc) is 1.88. The summed E-state index contributed by atoms with van der Waals surface area (Å²) < 4.78 is 0. The first-order chi connectivity index (χ1) is 4.35. The van der Waals surface area contributed by atoms with E-state index in [-0.39, 0.29) is 0 Å². The Morgan fingerprint density at radius 3 is 1.67 bits per heavy atom. The zero-order valence-electron chi connectivity index (χ0n) is 6.22. The molecule has 0 rings (SSSR count). The molecule has 0 heterocycles. The van der Waals surface area contributed by atoms with Gasteiger partial charge in [0.2, 0.25) is 0 Å². The van der Waals surface area contributed by atoms with Crippen molar-refractivity contribution < 1.29 is 0 Å². The van der Waals surface area contributed by atoms with E-state index in [9.17, 15) is 0 Å². The molecular formula is C6H14S3. The summed E-state index contributed by atoms with van der Waals surface area (Å²) in [5, 5.41) is 0.856. The minimum atomic E-state index is 0.856. The van der Waals surface area contributed by atoms with Gasteiger partial charge in [-0.1, -0.05) is 0 Å². The van der Waals surface area contributed by atoms with Gasteiger partial charge in [-0.3, -0.25) is 0 Å². The molecule has 9 heavy (non-hydrogen) atoms. The minimum Gasteiger partial charge on any atom is -0.164 e. The van der Waals surface area contributed by atoms with Gasteiger partial charge in [0.05, 0.1) is 0 Å². The van der Waals surface area contributed by atoms with Crippen molar-refractivity contribution in [3.63, 3.8) is 0 Å². The second-order valence-corrected chi connectivity index (χ2v) is 4.73. The van der Waals surface area contributed by atoms with Crippen LogP contribution in [0.25, 0.3) is 0 Å². The average molecular weight is 182 g/mol. The molecule has 0 aromatic rings. The highest BCUT2D eigenvalue weighted by molar-refractivity contribution is 8.04. The van der Waals surface area contributed by atoms with Crippen molar-refractivity contribution in [3.8, 4) is 0 Å². The van der Waals surface area contributed by atoms with Gasteiger partial charge < -0.3 is 0 Å². The maximum atomic E-state index is 2.19. The molecule has 0 radical (unpaired) electrons. The smallest absolute Gasteiger partial charge is 0.0225 e. The van der Waals surface area contributed by atoms with Crippen LogP contribution in [0.3, 0.4) is 0 Å². The quantitative estimate of drug-likeness (QED) is 0.641. The summed E-state index contributed by atoms with van der Waals surface area (Å²) in [5.74, 6) is 2.59. The summed E-state index contributed by atoms with van der Waals surface area (Å²) in [7, 11) is 0. The number of hydrogen-bond donors (Lipinski definition) is 0. The maximum Gasteiger partial charge on any atom is 0.0225 e. The Balaban J connectivity index is 3.18. The fourth-order valence-corrected chi connectivity index (χ4v) is 3.59. The van der Waals surface area contributed by atoms with E-state index in [1.54, 1.807) is 0 Å². The number of thioether (sulfide) groups is 3. The van der Waals surface area contributed by atoms with Gasteiger partial charge in [-0.2, -0.15) is 35.3 Å². The third-order valence-corrected chi connectivity index (χ3v) is 3.93. The second kappa shape index (κ2) is 7.16. The van der Waals surface area contributed by atoms with Crippen molar-refractivity contribution in [2.24, 2.45) is 0 Å². The highest BCUT2D eigenvalue weighted by Crippen LogP contribution is 2.15. The third-order valence-electron chi connectivity index (χ3n) is 1.04. The lowest BCUT2D eigenvalue weighted by atomic mass is 10.5. The van der Waals surface area contributed by atoms with Gasteiger partial charge >= 0.3 is 0 Å². The van der Waals surface area contributed by atoms with Gasteiger partial charge in [0.15, 0.2) is 0 Å². The molecule has 0 aromatic heterocycles. The molecule has 0 unspecified atom stereocenters. The summed E-state index contributed by atoms with van der Waals surface area (Å²) in [6, 6.07) is 0. The van der Waals surface area contributed by atoms with Crippen molar-refractivity contribution in [1.29, 1.82) is 0 Å². The van der Waals surface area contributed by atoms with E-state index >= 15 is 0 Å². The minimum absolute atomic E-state index is 0.856. The number of hydrogen-bond acceptors (Lipinski definition) is 3. The Bertz CT molecular complexity index is 50.3. The van der Waals surface area contributed by atoms with Crippen LogP contribution in [0.1, 0.15) is 0 Å². The lowest BCUT2D eigenvalue weighted by molar-refractivity contribution is 1.16. The molecule has 0 amide bonds. The fraction of sp³-hybridized carbons (Fsp3) is 1.00. The molecular weight excluding hydrogens is 168 g/mol. The highest BCUT2D eigenvalue weighted by Gasteiger charge is 2.02. The third kappa shape index (κ3) is 5.49. The Labute approximate surface area is 70.9 Å². The van der Waals surface area contributed by atoms with E-state index < -0.39 is 0 Å². The first kappa shape index (κ1) is 10.0. The topological polar surface area (TPSA) is 0 Å². The summed E-state index contributed by atoms with van der Waals surface area (Å²) in [5.41, 5.74) is 0. The zero-order valence-corrected chi connectivity index (χ0v) is 8.67. The molecule has 3 heteroatoms. The summed E-state index contributed by atoms with van der Waals surface area (Å²) >= 11 is 5.86. The molecule has 0 atom stereocenters. The summed E-state index contributed by atoms with van der Waals surface area (Å²) in [6.07, 6.45) is 6.53. The van der Waals surface area contributed by atoms with Gasteiger partial charge in [0.1, 0.15) is 0 Å². The van der Waals surface area contributed by atoms with Crippen molar-refractivity contribution in [2.45, 2.75) is 5.25 Å². The van der Waals surface area contributed by atoms with Crippen LogP contribution in [0.2, 0.25) is 0 Å². The standard InChI is InChI=1S/C6H14S3/c1-7-4-6(9-3)5-8-2/h6H,4-5H2,1-3H3. The van der Waals surface area contributed by atoms with Crippen molar-refractivity contribution in [2.75, 3.05) is 30.3 Å². The van der Waals surface area contributed by atoms with E-state index in [1.165, 1.54) is 11.5 Å². The molecule has 0 spiro atoms. The lowest BCUT2D eigenvalue weighted by Gasteiger charge is -2.09. The Kier molecular flexibility index (Phi) is 8.00. The predicted octanol–water partition coefficient (Wildman–Crippen LogP) is 2.44. The molecule has 0 aliphatic heterocycles. The Hall–Kier alpha value is 1.05. The molecule has 0 nitrogen and oxygen atoms in total. The Morgan fingerprint density at radius 1 is 1.00 bits per heavy atom. The summed E-state index contributed by atoms with van der Waals surface area (Å²) in [6.45, 7) is 0. The van der Waals surface area contributed by atoms with E-state index in [2.05, 4.69) is 18.8 Å². The molecule has 0 aromatic carbocycles. The first-order valence-electron chi connectivity index (χ1n) is 2.85. The molecule has 0 N–H and O–H groups in total. The monoisotopic (exact) mass is 182 g/mol. The van der Waals surface area contributed by atoms with Crippen LogP contribution < -0.4 is 0 Å². The number of rotatable bonds is 5. The zero-order chi connectivity index (χ0) is 7.11. The fourth-order valence-electron chi connectivity index (χ4n) is 0.556. The van der Waals surface area contributed by atoms with Gasteiger partial charge in [0.25, 0.3) is 0 Å². The van der Waals surface area contributed by atoms with E-state index in [1.807, 2.05) is 35.3 Å².